The van der Waals surface area contributed by atoms with E-state index >= 15 is 0 Å². The fourth-order valence-corrected chi connectivity index (χ4v) is 0.654. The van der Waals surface area contributed by atoms with Gasteiger partial charge in [0.2, 0.25) is 0 Å². The molecular weight excluding hydrogens is 169 g/mol. The summed E-state index contributed by atoms with van der Waals surface area (Å²) < 4.78 is 0. The number of carbonyl (C=O) groups excluding carboxylic acids is 1. The molecule has 0 radical (unpaired) electrons. The van der Waals surface area contributed by atoms with Gasteiger partial charge in [-0.05, 0) is 12.1 Å². The summed E-state index contributed by atoms with van der Waals surface area (Å²) >= 11 is 0. The van der Waals surface area contributed by atoms with E-state index in [0.29, 0.717) is 5.56 Å². The van der Waals surface area contributed by atoms with Crippen LogP contribution in [0.25, 0.3) is 0 Å². The van der Waals surface area contributed by atoms with Crippen molar-refractivity contribution in [3.8, 4) is 0 Å². The maximum atomic E-state index is 10.7. The first-order valence-corrected chi connectivity index (χ1v) is 2.84. The maximum absolute atomic E-state index is 10.7. The Balaban J connectivity index is 0.000001000. The SMILES string of the molecule is O=C(NO)c1ccccc1.[K+]. The van der Waals surface area contributed by atoms with Gasteiger partial charge in [-0.3, -0.25) is 10.0 Å². The smallest absolute Gasteiger partial charge is 0.288 e. The van der Waals surface area contributed by atoms with Crippen molar-refractivity contribution < 1.29 is 61.4 Å². The third-order valence-corrected chi connectivity index (χ3v) is 1.14. The molecule has 1 aromatic carbocycles. The summed E-state index contributed by atoms with van der Waals surface area (Å²) in [6, 6.07) is 8.49. The van der Waals surface area contributed by atoms with Crippen molar-refractivity contribution in [2.45, 2.75) is 0 Å². The van der Waals surface area contributed by atoms with E-state index in [4.69, 9.17) is 5.21 Å². The van der Waals surface area contributed by atoms with Crippen LogP contribution < -0.4 is 56.9 Å². The Morgan fingerprint density at radius 2 is 1.82 bits per heavy atom. The van der Waals surface area contributed by atoms with Gasteiger partial charge in [0.05, 0.1) is 0 Å². The fourth-order valence-electron chi connectivity index (χ4n) is 0.654. The van der Waals surface area contributed by atoms with Crippen LogP contribution in [0.5, 0.6) is 0 Å². The van der Waals surface area contributed by atoms with Crippen LogP contribution in [-0.2, 0) is 0 Å². The first-order valence-electron chi connectivity index (χ1n) is 2.84. The molecule has 3 nitrogen and oxygen atoms in total. The number of hydrogen-bond donors (Lipinski definition) is 2. The van der Waals surface area contributed by atoms with Crippen LogP contribution in [0.1, 0.15) is 10.4 Å². The average Bonchev–Trinajstić information content (AvgIpc) is 2.05. The molecule has 0 aliphatic carbocycles. The van der Waals surface area contributed by atoms with Crippen molar-refractivity contribution >= 4 is 5.91 Å². The van der Waals surface area contributed by atoms with Crippen LogP contribution in [0.4, 0.5) is 0 Å². The molecule has 0 atom stereocenters. The topological polar surface area (TPSA) is 49.3 Å². The van der Waals surface area contributed by atoms with E-state index < -0.39 is 5.91 Å². The van der Waals surface area contributed by atoms with Gasteiger partial charge in [-0.15, -0.1) is 0 Å². The third kappa shape index (κ3) is 3.46. The minimum absolute atomic E-state index is 0. The Hall–Kier alpha value is 0.286. The summed E-state index contributed by atoms with van der Waals surface area (Å²) in [4.78, 5) is 10.7. The number of carbonyl (C=O) groups is 1. The predicted molar refractivity (Wildman–Crippen MR) is 35.7 cm³/mol. The molecule has 0 unspecified atom stereocenters. The summed E-state index contributed by atoms with van der Waals surface area (Å²) in [6.07, 6.45) is 0. The molecule has 2 N–H and O–H groups in total. The van der Waals surface area contributed by atoms with Crippen LogP contribution in [0, 0.1) is 0 Å². The molecule has 0 heterocycles. The molecule has 11 heavy (non-hydrogen) atoms. The standard InChI is InChI=1S/C7H7NO2.K/c9-7(8-10)6-4-2-1-3-5-6;/h1-5,10H,(H,8,9);/q;+1. The van der Waals surface area contributed by atoms with Gasteiger partial charge in [0.1, 0.15) is 0 Å². The summed E-state index contributed by atoms with van der Waals surface area (Å²) in [7, 11) is 0. The molecule has 0 aliphatic heterocycles. The third-order valence-electron chi connectivity index (χ3n) is 1.14. The molecule has 0 saturated carbocycles. The van der Waals surface area contributed by atoms with Gasteiger partial charge in [0.15, 0.2) is 0 Å². The first-order chi connectivity index (χ1) is 4.84. The quantitative estimate of drug-likeness (QED) is 0.290. The van der Waals surface area contributed by atoms with Gasteiger partial charge in [-0.2, -0.15) is 0 Å². The second-order valence-corrected chi connectivity index (χ2v) is 1.81. The molecule has 4 heteroatoms. The molecule has 0 spiro atoms. The van der Waals surface area contributed by atoms with Gasteiger partial charge in [-0.25, -0.2) is 5.48 Å². The maximum Gasteiger partial charge on any atom is 1.00 e. The van der Waals surface area contributed by atoms with Gasteiger partial charge in [0.25, 0.3) is 5.91 Å². The number of hydroxylamine groups is 1. The largest absolute Gasteiger partial charge is 1.00 e. The summed E-state index contributed by atoms with van der Waals surface area (Å²) in [6.45, 7) is 0. The second kappa shape index (κ2) is 5.88. The molecule has 0 aromatic heterocycles. The molecule has 52 valence electrons. The normalized spacial score (nSPS) is 8.09. The van der Waals surface area contributed by atoms with E-state index in [9.17, 15) is 4.79 Å². The predicted octanol–water partition coefficient (Wildman–Crippen LogP) is -2.19. The number of amides is 1. The van der Waals surface area contributed by atoms with Crippen molar-refractivity contribution in [1.82, 2.24) is 5.48 Å². The van der Waals surface area contributed by atoms with Gasteiger partial charge in [-0.1, -0.05) is 18.2 Å². The molecule has 0 aliphatic rings. The number of hydrogen-bond acceptors (Lipinski definition) is 2. The number of benzene rings is 1. The second-order valence-electron chi connectivity index (χ2n) is 1.81. The first kappa shape index (κ1) is 11.3. The van der Waals surface area contributed by atoms with Gasteiger partial charge in [0, 0.05) is 5.56 Å². The minimum Gasteiger partial charge on any atom is -0.288 e. The monoisotopic (exact) mass is 176 g/mol. The van der Waals surface area contributed by atoms with Crippen molar-refractivity contribution in [3.05, 3.63) is 35.9 Å². The number of rotatable bonds is 1. The zero-order valence-corrected chi connectivity index (χ0v) is 9.37. The molecule has 1 aromatic rings. The molecular formula is C7H7KNO2+. The van der Waals surface area contributed by atoms with Gasteiger partial charge < -0.3 is 0 Å². The van der Waals surface area contributed by atoms with E-state index in [1.807, 2.05) is 0 Å². The summed E-state index contributed by atoms with van der Waals surface area (Å²) in [5.41, 5.74) is 1.99. The van der Waals surface area contributed by atoms with Gasteiger partial charge >= 0.3 is 51.4 Å². The van der Waals surface area contributed by atoms with Crippen LogP contribution in [0.3, 0.4) is 0 Å². The minimum atomic E-state index is -0.486. The van der Waals surface area contributed by atoms with Crippen LogP contribution in [0.2, 0.25) is 0 Å². The number of nitrogens with one attached hydrogen (secondary N) is 1. The summed E-state index contributed by atoms with van der Waals surface area (Å²) in [5.74, 6) is -0.486. The van der Waals surface area contributed by atoms with Crippen LogP contribution in [-0.4, -0.2) is 11.1 Å². The van der Waals surface area contributed by atoms with E-state index in [0.717, 1.165) is 0 Å². The van der Waals surface area contributed by atoms with Crippen molar-refractivity contribution in [3.63, 3.8) is 0 Å². The van der Waals surface area contributed by atoms with E-state index in [2.05, 4.69) is 0 Å². The van der Waals surface area contributed by atoms with Crippen molar-refractivity contribution in [2.24, 2.45) is 0 Å². The van der Waals surface area contributed by atoms with E-state index in [1.54, 1.807) is 35.8 Å². The Kier molecular flexibility index (Phi) is 6.03. The average molecular weight is 176 g/mol. The molecule has 0 fully saturated rings. The van der Waals surface area contributed by atoms with Crippen molar-refractivity contribution in [1.29, 1.82) is 0 Å². The zero-order chi connectivity index (χ0) is 7.40. The van der Waals surface area contributed by atoms with Crippen molar-refractivity contribution in [2.75, 3.05) is 0 Å². The van der Waals surface area contributed by atoms with Crippen LogP contribution >= 0.6 is 0 Å². The van der Waals surface area contributed by atoms with E-state index in [-0.39, 0.29) is 51.4 Å². The molecule has 0 bridgehead atoms. The zero-order valence-electron chi connectivity index (χ0n) is 6.24. The molecule has 1 rings (SSSR count). The fraction of sp³-hybridized carbons (Fsp3) is 0. The Morgan fingerprint density at radius 1 is 1.27 bits per heavy atom. The van der Waals surface area contributed by atoms with E-state index in [1.165, 1.54) is 0 Å². The molecule has 0 saturated heterocycles. The Morgan fingerprint density at radius 3 is 2.27 bits per heavy atom. The Labute approximate surface area is 107 Å². The molecule has 1 amide bonds. The van der Waals surface area contributed by atoms with Crippen LogP contribution in [0.15, 0.2) is 30.3 Å². The summed E-state index contributed by atoms with van der Waals surface area (Å²) in [5, 5.41) is 8.19. The Bertz CT molecular complexity index is 225.